The molecule has 1 aromatic rings. The van der Waals surface area contributed by atoms with Gasteiger partial charge >= 0.3 is 0 Å². The topological polar surface area (TPSA) is 58.1 Å². The van der Waals surface area contributed by atoms with E-state index in [1.54, 1.807) is 12.4 Å². The SMILES string of the molecule is CCCNc1ncc(C(=O)N2CCCCC2CC)cn1. The van der Waals surface area contributed by atoms with Crippen LogP contribution in [-0.4, -0.2) is 39.9 Å². The summed E-state index contributed by atoms with van der Waals surface area (Å²) in [4.78, 5) is 22.9. The maximum absolute atomic E-state index is 12.5. The van der Waals surface area contributed by atoms with Crippen molar-refractivity contribution in [3.8, 4) is 0 Å². The van der Waals surface area contributed by atoms with E-state index in [1.165, 1.54) is 6.42 Å². The van der Waals surface area contributed by atoms with Gasteiger partial charge in [0.25, 0.3) is 5.91 Å². The van der Waals surface area contributed by atoms with Crippen LogP contribution < -0.4 is 5.32 Å². The van der Waals surface area contributed by atoms with Crippen LogP contribution in [0.15, 0.2) is 12.4 Å². The molecule has 0 radical (unpaired) electrons. The summed E-state index contributed by atoms with van der Waals surface area (Å²) in [6, 6.07) is 0.370. The normalized spacial score (nSPS) is 18.9. The van der Waals surface area contributed by atoms with Crippen LogP contribution >= 0.6 is 0 Å². The Morgan fingerprint density at radius 3 is 2.75 bits per heavy atom. The fourth-order valence-electron chi connectivity index (χ4n) is 2.62. The third-order valence-corrected chi connectivity index (χ3v) is 3.79. The minimum Gasteiger partial charge on any atom is -0.354 e. The summed E-state index contributed by atoms with van der Waals surface area (Å²) >= 11 is 0. The molecule has 110 valence electrons. The highest BCUT2D eigenvalue weighted by Gasteiger charge is 2.26. The molecule has 0 aliphatic carbocycles. The van der Waals surface area contributed by atoms with Gasteiger partial charge in [0.15, 0.2) is 0 Å². The van der Waals surface area contributed by atoms with Gasteiger partial charge in [-0.2, -0.15) is 0 Å². The van der Waals surface area contributed by atoms with Gasteiger partial charge in [-0.3, -0.25) is 4.79 Å². The Kier molecular flexibility index (Phi) is 5.32. The highest BCUT2D eigenvalue weighted by atomic mass is 16.2. The van der Waals surface area contributed by atoms with Gasteiger partial charge in [-0.1, -0.05) is 13.8 Å². The van der Waals surface area contributed by atoms with E-state index in [2.05, 4.69) is 29.1 Å². The van der Waals surface area contributed by atoms with Crippen molar-refractivity contribution in [2.45, 2.75) is 52.0 Å². The Bertz CT molecular complexity index is 432. The summed E-state index contributed by atoms with van der Waals surface area (Å²) < 4.78 is 0. The number of hydrogen-bond acceptors (Lipinski definition) is 4. The fourth-order valence-corrected chi connectivity index (χ4v) is 2.62. The molecule has 1 aliphatic rings. The number of rotatable bonds is 5. The first-order valence-corrected chi connectivity index (χ1v) is 7.63. The molecular weight excluding hydrogens is 252 g/mol. The zero-order valence-electron chi connectivity index (χ0n) is 12.4. The lowest BCUT2D eigenvalue weighted by molar-refractivity contribution is 0.0607. The number of carbonyl (C=O) groups excluding carboxylic acids is 1. The quantitative estimate of drug-likeness (QED) is 0.898. The average Bonchev–Trinajstić information content (AvgIpc) is 2.52. The second kappa shape index (κ2) is 7.22. The zero-order valence-corrected chi connectivity index (χ0v) is 12.4. The van der Waals surface area contributed by atoms with Crippen LogP contribution in [0.5, 0.6) is 0 Å². The molecule has 2 rings (SSSR count). The number of nitrogens with zero attached hydrogens (tertiary/aromatic N) is 3. The van der Waals surface area contributed by atoms with Gasteiger partial charge in [-0.15, -0.1) is 0 Å². The summed E-state index contributed by atoms with van der Waals surface area (Å²) in [7, 11) is 0. The molecular formula is C15H24N4O. The van der Waals surface area contributed by atoms with Gasteiger partial charge in [0.05, 0.1) is 5.56 Å². The van der Waals surface area contributed by atoms with Gasteiger partial charge in [-0.05, 0) is 32.1 Å². The van der Waals surface area contributed by atoms with Gasteiger partial charge in [0.2, 0.25) is 5.95 Å². The number of likely N-dealkylation sites (tertiary alicyclic amines) is 1. The van der Waals surface area contributed by atoms with Crippen LogP contribution in [0.25, 0.3) is 0 Å². The third kappa shape index (κ3) is 3.46. The van der Waals surface area contributed by atoms with E-state index >= 15 is 0 Å². The minimum absolute atomic E-state index is 0.0681. The third-order valence-electron chi connectivity index (χ3n) is 3.79. The predicted octanol–water partition coefficient (Wildman–Crippen LogP) is 2.70. The van der Waals surface area contributed by atoms with Gasteiger partial charge in [0, 0.05) is 31.5 Å². The van der Waals surface area contributed by atoms with Crippen LogP contribution in [0.4, 0.5) is 5.95 Å². The van der Waals surface area contributed by atoms with Crippen molar-refractivity contribution in [1.82, 2.24) is 14.9 Å². The summed E-state index contributed by atoms with van der Waals surface area (Å²) in [6.45, 7) is 5.93. The lowest BCUT2D eigenvalue weighted by Crippen LogP contribution is -2.43. The number of piperidine rings is 1. The summed E-state index contributed by atoms with van der Waals surface area (Å²) in [5.74, 6) is 0.660. The van der Waals surface area contributed by atoms with Gasteiger partial charge in [-0.25, -0.2) is 9.97 Å². The molecule has 1 aliphatic heterocycles. The highest BCUT2D eigenvalue weighted by molar-refractivity contribution is 5.94. The molecule has 1 N–H and O–H groups in total. The van der Waals surface area contributed by atoms with Gasteiger partial charge < -0.3 is 10.2 Å². The molecule has 20 heavy (non-hydrogen) atoms. The Hall–Kier alpha value is -1.65. The lowest BCUT2D eigenvalue weighted by Gasteiger charge is -2.35. The first-order valence-electron chi connectivity index (χ1n) is 7.63. The lowest BCUT2D eigenvalue weighted by atomic mass is 9.99. The summed E-state index contributed by atoms with van der Waals surface area (Å²) in [6.07, 6.45) is 8.74. The van der Waals surface area contributed by atoms with Crippen molar-refractivity contribution in [1.29, 1.82) is 0 Å². The van der Waals surface area contributed by atoms with Crippen molar-refractivity contribution >= 4 is 11.9 Å². The standard InChI is InChI=1S/C15H24N4O/c1-3-8-16-15-17-10-12(11-18-15)14(20)19-9-6-5-7-13(19)4-2/h10-11,13H,3-9H2,1-2H3,(H,16,17,18). The number of nitrogens with one attached hydrogen (secondary N) is 1. The summed E-state index contributed by atoms with van der Waals surface area (Å²) in [5.41, 5.74) is 0.590. The molecule has 0 bridgehead atoms. The predicted molar refractivity (Wildman–Crippen MR) is 79.8 cm³/mol. The maximum atomic E-state index is 12.5. The molecule has 0 aromatic carbocycles. The zero-order chi connectivity index (χ0) is 14.4. The Morgan fingerprint density at radius 1 is 1.35 bits per heavy atom. The number of amides is 1. The van der Waals surface area contributed by atoms with Crippen LogP contribution in [0.2, 0.25) is 0 Å². The van der Waals surface area contributed by atoms with Crippen LogP contribution in [0, 0.1) is 0 Å². The van der Waals surface area contributed by atoms with E-state index in [1.807, 2.05) is 4.90 Å². The van der Waals surface area contributed by atoms with Crippen LogP contribution in [0.3, 0.4) is 0 Å². The number of anilines is 1. The number of carbonyl (C=O) groups is 1. The Labute approximate surface area is 120 Å². The van der Waals surface area contributed by atoms with Crippen LogP contribution in [-0.2, 0) is 0 Å². The highest BCUT2D eigenvalue weighted by Crippen LogP contribution is 2.21. The number of hydrogen-bond donors (Lipinski definition) is 1. The molecule has 1 amide bonds. The van der Waals surface area contributed by atoms with Crippen molar-refractivity contribution in [3.63, 3.8) is 0 Å². The Morgan fingerprint density at radius 2 is 2.10 bits per heavy atom. The molecule has 1 atom stereocenters. The number of aromatic nitrogens is 2. The molecule has 0 saturated carbocycles. The van der Waals surface area contributed by atoms with E-state index in [4.69, 9.17) is 0 Å². The van der Waals surface area contributed by atoms with Crippen molar-refractivity contribution in [2.75, 3.05) is 18.4 Å². The molecule has 5 heteroatoms. The van der Waals surface area contributed by atoms with E-state index in [0.29, 0.717) is 17.6 Å². The first-order chi connectivity index (χ1) is 9.76. The molecule has 1 fully saturated rings. The van der Waals surface area contributed by atoms with Crippen molar-refractivity contribution in [3.05, 3.63) is 18.0 Å². The molecule has 5 nitrogen and oxygen atoms in total. The first kappa shape index (κ1) is 14.8. The molecule has 1 saturated heterocycles. The minimum atomic E-state index is 0.0681. The largest absolute Gasteiger partial charge is 0.354 e. The van der Waals surface area contributed by atoms with E-state index in [9.17, 15) is 4.79 Å². The second-order valence-corrected chi connectivity index (χ2v) is 5.28. The Balaban J connectivity index is 2.04. The molecule has 1 aromatic heterocycles. The molecule has 0 spiro atoms. The summed E-state index contributed by atoms with van der Waals surface area (Å²) in [5, 5.41) is 3.11. The molecule has 1 unspecified atom stereocenters. The van der Waals surface area contributed by atoms with E-state index in [-0.39, 0.29) is 5.91 Å². The van der Waals surface area contributed by atoms with Crippen molar-refractivity contribution < 1.29 is 4.79 Å². The van der Waals surface area contributed by atoms with E-state index in [0.717, 1.165) is 38.8 Å². The maximum Gasteiger partial charge on any atom is 0.257 e. The van der Waals surface area contributed by atoms with Crippen molar-refractivity contribution in [2.24, 2.45) is 0 Å². The molecule has 2 heterocycles. The van der Waals surface area contributed by atoms with Gasteiger partial charge in [0.1, 0.15) is 0 Å². The van der Waals surface area contributed by atoms with Crippen LogP contribution in [0.1, 0.15) is 56.3 Å². The second-order valence-electron chi connectivity index (χ2n) is 5.28. The average molecular weight is 276 g/mol. The smallest absolute Gasteiger partial charge is 0.257 e. The fraction of sp³-hybridized carbons (Fsp3) is 0.667. The monoisotopic (exact) mass is 276 g/mol. The van der Waals surface area contributed by atoms with E-state index < -0.39 is 0 Å².